The zero-order chi connectivity index (χ0) is 18.5. The molecular formula is C18H20N4O4. The highest BCUT2D eigenvalue weighted by atomic mass is 16.7. The van der Waals surface area contributed by atoms with Crippen molar-refractivity contribution in [1.29, 1.82) is 0 Å². The average Bonchev–Trinajstić information content (AvgIpc) is 3.12. The second-order valence-corrected chi connectivity index (χ2v) is 5.96. The number of hydrogen-bond acceptors (Lipinski definition) is 5. The third kappa shape index (κ3) is 4.21. The van der Waals surface area contributed by atoms with Gasteiger partial charge in [-0.15, -0.1) is 0 Å². The molecule has 0 radical (unpaired) electrons. The van der Waals surface area contributed by atoms with Gasteiger partial charge in [0, 0.05) is 32.4 Å². The monoisotopic (exact) mass is 356 g/mol. The molecule has 3 amide bonds. The Kier molecular flexibility index (Phi) is 5.21. The molecule has 0 unspecified atom stereocenters. The van der Waals surface area contributed by atoms with Gasteiger partial charge in [0.25, 0.3) is 5.91 Å². The Labute approximate surface area is 151 Å². The summed E-state index contributed by atoms with van der Waals surface area (Å²) in [5, 5.41) is 5.57. The first-order valence-electron chi connectivity index (χ1n) is 8.10. The lowest BCUT2D eigenvalue weighted by Gasteiger charge is -2.12. The summed E-state index contributed by atoms with van der Waals surface area (Å²) >= 11 is 0. The van der Waals surface area contributed by atoms with Crippen LogP contribution in [0.4, 0.5) is 4.79 Å². The van der Waals surface area contributed by atoms with Crippen molar-refractivity contribution < 1.29 is 19.1 Å². The van der Waals surface area contributed by atoms with Crippen LogP contribution in [-0.2, 0) is 13.1 Å². The van der Waals surface area contributed by atoms with E-state index in [1.807, 2.05) is 18.2 Å². The van der Waals surface area contributed by atoms with Crippen LogP contribution in [0.3, 0.4) is 0 Å². The van der Waals surface area contributed by atoms with Crippen LogP contribution in [0, 0.1) is 0 Å². The number of amides is 3. The number of carbonyl (C=O) groups is 2. The van der Waals surface area contributed by atoms with Crippen molar-refractivity contribution in [2.75, 3.05) is 20.9 Å². The number of nitrogens with one attached hydrogen (secondary N) is 2. The van der Waals surface area contributed by atoms with Gasteiger partial charge in [-0.05, 0) is 29.8 Å². The number of hydrogen-bond donors (Lipinski definition) is 2. The Morgan fingerprint density at radius 3 is 2.69 bits per heavy atom. The summed E-state index contributed by atoms with van der Waals surface area (Å²) in [7, 11) is 3.31. The number of carbonyl (C=O) groups excluding carboxylic acids is 2. The number of ether oxygens (including phenoxy) is 2. The van der Waals surface area contributed by atoms with Crippen LogP contribution in [0.5, 0.6) is 11.5 Å². The fourth-order valence-electron chi connectivity index (χ4n) is 2.38. The van der Waals surface area contributed by atoms with Crippen molar-refractivity contribution >= 4 is 11.9 Å². The highest BCUT2D eigenvalue weighted by molar-refractivity contribution is 5.94. The number of aromatic nitrogens is 1. The Bertz CT molecular complexity index is 823. The van der Waals surface area contributed by atoms with Gasteiger partial charge in [0.15, 0.2) is 11.5 Å². The summed E-state index contributed by atoms with van der Waals surface area (Å²) in [4.78, 5) is 29.5. The van der Waals surface area contributed by atoms with Gasteiger partial charge >= 0.3 is 6.03 Å². The van der Waals surface area contributed by atoms with E-state index in [0.29, 0.717) is 29.3 Å². The number of urea groups is 1. The van der Waals surface area contributed by atoms with Crippen LogP contribution >= 0.6 is 0 Å². The van der Waals surface area contributed by atoms with Crippen molar-refractivity contribution in [2.24, 2.45) is 0 Å². The lowest BCUT2D eigenvalue weighted by Crippen LogP contribution is -2.34. The molecule has 2 N–H and O–H groups in total. The molecule has 8 nitrogen and oxygen atoms in total. The molecule has 1 aromatic heterocycles. The second kappa shape index (κ2) is 7.73. The molecule has 26 heavy (non-hydrogen) atoms. The van der Waals surface area contributed by atoms with E-state index >= 15 is 0 Å². The average molecular weight is 356 g/mol. The molecule has 3 rings (SSSR count). The molecule has 0 bridgehead atoms. The van der Waals surface area contributed by atoms with E-state index in [1.54, 1.807) is 32.4 Å². The maximum absolute atomic E-state index is 12.4. The largest absolute Gasteiger partial charge is 0.454 e. The zero-order valence-electron chi connectivity index (χ0n) is 14.6. The first-order valence-corrected chi connectivity index (χ1v) is 8.10. The minimum atomic E-state index is -0.218. The predicted molar refractivity (Wildman–Crippen MR) is 93.9 cm³/mol. The van der Waals surface area contributed by atoms with E-state index in [0.717, 1.165) is 5.56 Å². The number of nitrogens with zero attached hydrogens (tertiary/aromatic N) is 2. The van der Waals surface area contributed by atoms with Gasteiger partial charge in [-0.1, -0.05) is 6.07 Å². The lowest BCUT2D eigenvalue weighted by molar-refractivity contribution is 0.0950. The van der Waals surface area contributed by atoms with E-state index in [2.05, 4.69) is 15.6 Å². The molecule has 0 aliphatic carbocycles. The number of benzene rings is 1. The van der Waals surface area contributed by atoms with E-state index in [1.165, 1.54) is 4.90 Å². The molecular weight excluding hydrogens is 336 g/mol. The normalized spacial score (nSPS) is 11.8. The Balaban J connectivity index is 1.57. The summed E-state index contributed by atoms with van der Waals surface area (Å²) in [5.41, 5.74) is 2.00. The van der Waals surface area contributed by atoms with Crippen LogP contribution in [0.25, 0.3) is 0 Å². The molecule has 0 saturated carbocycles. The smallest absolute Gasteiger partial charge is 0.317 e. The van der Waals surface area contributed by atoms with Crippen molar-refractivity contribution in [1.82, 2.24) is 20.5 Å². The quantitative estimate of drug-likeness (QED) is 0.847. The van der Waals surface area contributed by atoms with Crippen molar-refractivity contribution in [3.63, 3.8) is 0 Å². The van der Waals surface area contributed by atoms with Crippen molar-refractivity contribution in [2.45, 2.75) is 13.1 Å². The first-order chi connectivity index (χ1) is 12.5. The van der Waals surface area contributed by atoms with E-state index in [-0.39, 0.29) is 25.3 Å². The minimum Gasteiger partial charge on any atom is -0.454 e. The molecule has 1 aliphatic heterocycles. The molecule has 2 aromatic rings. The topological polar surface area (TPSA) is 92.8 Å². The maximum Gasteiger partial charge on any atom is 0.317 e. The van der Waals surface area contributed by atoms with Gasteiger partial charge < -0.3 is 25.0 Å². The third-order valence-corrected chi connectivity index (χ3v) is 3.80. The summed E-state index contributed by atoms with van der Waals surface area (Å²) in [5.74, 6) is 1.17. The Morgan fingerprint density at radius 1 is 1.08 bits per heavy atom. The number of rotatable bonds is 5. The van der Waals surface area contributed by atoms with E-state index in [4.69, 9.17) is 9.47 Å². The molecule has 2 heterocycles. The fourth-order valence-corrected chi connectivity index (χ4v) is 2.38. The van der Waals surface area contributed by atoms with Crippen LogP contribution in [0.1, 0.15) is 21.6 Å². The van der Waals surface area contributed by atoms with Crippen molar-refractivity contribution in [3.05, 3.63) is 53.3 Å². The summed E-state index contributed by atoms with van der Waals surface area (Å²) < 4.78 is 10.6. The molecule has 1 aliphatic rings. The molecule has 1 aromatic carbocycles. The van der Waals surface area contributed by atoms with Gasteiger partial charge in [-0.3, -0.25) is 9.78 Å². The zero-order valence-corrected chi connectivity index (χ0v) is 14.6. The standard InChI is InChI=1S/C18H20N4O4/c1-22(2)18(24)21-10-14-8-13(5-6-19-14)17(23)20-9-12-3-4-15-16(7-12)26-11-25-15/h3-8H,9-11H2,1-2H3,(H,20,23)(H,21,24). The van der Waals surface area contributed by atoms with Crippen LogP contribution in [0.15, 0.2) is 36.5 Å². The highest BCUT2D eigenvalue weighted by Crippen LogP contribution is 2.32. The molecule has 0 spiro atoms. The molecule has 0 fully saturated rings. The van der Waals surface area contributed by atoms with Crippen LogP contribution in [0.2, 0.25) is 0 Å². The summed E-state index contributed by atoms with van der Waals surface area (Å²) in [6, 6.07) is 8.61. The van der Waals surface area contributed by atoms with Crippen molar-refractivity contribution in [3.8, 4) is 11.5 Å². The predicted octanol–water partition coefficient (Wildman–Crippen LogP) is 1.51. The molecule has 8 heteroatoms. The van der Waals surface area contributed by atoms with Crippen LogP contribution in [-0.4, -0.2) is 42.7 Å². The van der Waals surface area contributed by atoms with Gasteiger partial charge in [-0.25, -0.2) is 4.79 Å². The third-order valence-electron chi connectivity index (χ3n) is 3.80. The Hall–Kier alpha value is -3.29. The lowest BCUT2D eigenvalue weighted by atomic mass is 10.1. The van der Waals surface area contributed by atoms with Gasteiger partial charge in [0.2, 0.25) is 6.79 Å². The van der Waals surface area contributed by atoms with E-state index in [9.17, 15) is 9.59 Å². The van der Waals surface area contributed by atoms with Gasteiger partial charge in [-0.2, -0.15) is 0 Å². The molecule has 136 valence electrons. The molecule has 0 saturated heterocycles. The fraction of sp³-hybridized carbons (Fsp3) is 0.278. The number of pyridine rings is 1. The van der Waals surface area contributed by atoms with Gasteiger partial charge in [0.1, 0.15) is 0 Å². The first kappa shape index (κ1) is 17.5. The molecule has 0 atom stereocenters. The number of fused-ring (bicyclic) bond motifs is 1. The highest BCUT2D eigenvalue weighted by Gasteiger charge is 2.14. The summed E-state index contributed by atoms with van der Waals surface area (Å²) in [6.07, 6.45) is 1.55. The maximum atomic E-state index is 12.4. The minimum absolute atomic E-state index is 0.217. The van der Waals surface area contributed by atoms with Gasteiger partial charge in [0.05, 0.1) is 12.2 Å². The second-order valence-electron chi connectivity index (χ2n) is 5.96. The summed E-state index contributed by atoms with van der Waals surface area (Å²) in [6.45, 7) is 0.833. The van der Waals surface area contributed by atoms with E-state index < -0.39 is 0 Å². The van der Waals surface area contributed by atoms with Crippen LogP contribution < -0.4 is 20.1 Å². The Morgan fingerprint density at radius 2 is 1.88 bits per heavy atom. The SMILES string of the molecule is CN(C)C(=O)NCc1cc(C(=O)NCc2ccc3c(c2)OCO3)ccn1.